The van der Waals surface area contributed by atoms with Gasteiger partial charge in [0.2, 0.25) is 0 Å². The maximum absolute atomic E-state index is 10.3. The Morgan fingerprint density at radius 3 is 2.04 bits per heavy atom. The summed E-state index contributed by atoms with van der Waals surface area (Å²) in [4.78, 5) is 0. The van der Waals surface area contributed by atoms with Crippen LogP contribution < -0.4 is 0 Å². The smallest absolute Gasteiger partial charge is 0.0932 e. The number of rotatable bonds is 7. The summed E-state index contributed by atoms with van der Waals surface area (Å²) in [5, 5.41) is 10.3. The van der Waals surface area contributed by atoms with E-state index in [0.717, 1.165) is 22.3 Å². The molecule has 2 unspecified atom stereocenters. The second-order valence-corrected chi connectivity index (χ2v) is 6.95. The van der Waals surface area contributed by atoms with E-state index in [1.807, 2.05) is 37.3 Å². The van der Waals surface area contributed by atoms with E-state index in [2.05, 4.69) is 66.5 Å². The third-order valence-electron chi connectivity index (χ3n) is 3.99. The standard InChI is InChI=1S/C22H28O.C3H8/c1-8-19(14-13-15(2)3)17(6)22(18(7)23)21-12-10-9-11-20(21)16(4)5;1-3-2/h8-14,17,22-23H,1,4,7H2,2-3,5-6H3;3H2,1-2H3/b19-14+;. The summed E-state index contributed by atoms with van der Waals surface area (Å²) in [7, 11) is 0. The zero-order chi connectivity index (χ0) is 20.3. The quantitative estimate of drug-likeness (QED) is 0.389. The largest absolute Gasteiger partial charge is 0.512 e. The highest BCUT2D eigenvalue weighted by Gasteiger charge is 2.26. The highest BCUT2D eigenvalue weighted by atomic mass is 16.3. The van der Waals surface area contributed by atoms with E-state index >= 15 is 0 Å². The molecule has 0 heterocycles. The first-order valence-corrected chi connectivity index (χ1v) is 9.31. The van der Waals surface area contributed by atoms with Gasteiger partial charge < -0.3 is 5.11 Å². The lowest BCUT2D eigenvalue weighted by Crippen LogP contribution is -2.15. The van der Waals surface area contributed by atoms with Crippen LogP contribution in [0.25, 0.3) is 5.57 Å². The lowest BCUT2D eigenvalue weighted by molar-refractivity contribution is 0.343. The fourth-order valence-corrected chi connectivity index (χ4v) is 2.76. The van der Waals surface area contributed by atoms with E-state index in [0.29, 0.717) is 0 Å². The summed E-state index contributed by atoms with van der Waals surface area (Å²) in [6, 6.07) is 8.04. The summed E-state index contributed by atoms with van der Waals surface area (Å²) in [6.45, 7) is 24.2. The molecule has 0 aliphatic rings. The van der Waals surface area contributed by atoms with Crippen molar-refractivity contribution < 1.29 is 5.11 Å². The third kappa shape index (κ3) is 7.31. The molecule has 0 aliphatic heterocycles. The van der Waals surface area contributed by atoms with Gasteiger partial charge in [-0.2, -0.15) is 0 Å². The van der Waals surface area contributed by atoms with Crippen LogP contribution >= 0.6 is 0 Å². The maximum atomic E-state index is 10.3. The Morgan fingerprint density at radius 1 is 1.08 bits per heavy atom. The van der Waals surface area contributed by atoms with Crippen molar-refractivity contribution >= 4 is 5.57 Å². The van der Waals surface area contributed by atoms with Crippen molar-refractivity contribution in [2.75, 3.05) is 0 Å². The third-order valence-corrected chi connectivity index (χ3v) is 3.99. The topological polar surface area (TPSA) is 20.2 Å². The zero-order valence-electron chi connectivity index (χ0n) is 17.5. The van der Waals surface area contributed by atoms with E-state index in [1.165, 1.54) is 12.0 Å². The van der Waals surface area contributed by atoms with E-state index in [-0.39, 0.29) is 17.6 Å². The van der Waals surface area contributed by atoms with Crippen LogP contribution in [-0.4, -0.2) is 5.11 Å². The Balaban J connectivity index is 0.00000194. The van der Waals surface area contributed by atoms with Crippen molar-refractivity contribution in [2.24, 2.45) is 5.92 Å². The Kier molecular flexibility index (Phi) is 11.1. The molecule has 1 N–H and O–H groups in total. The molecule has 142 valence electrons. The van der Waals surface area contributed by atoms with Crippen molar-refractivity contribution in [2.45, 2.75) is 53.9 Å². The van der Waals surface area contributed by atoms with E-state index in [1.54, 1.807) is 0 Å². The zero-order valence-corrected chi connectivity index (χ0v) is 17.5. The second kappa shape index (κ2) is 12.1. The lowest BCUT2D eigenvalue weighted by Gasteiger charge is -2.27. The van der Waals surface area contributed by atoms with E-state index < -0.39 is 0 Å². The number of hydrogen-bond donors (Lipinski definition) is 1. The van der Waals surface area contributed by atoms with Gasteiger partial charge in [0.05, 0.1) is 5.76 Å². The first kappa shape index (κ1) is 23.7. The molecule has 0 saturated heterocycles. The first-order valence-electron chi connectivity index (χ1n) is 9.31. The highest BCUT2D eigenvalue weighted by Crippen LogP contribution is 2.38. The molecule has 1 aromatic rings. The van der Waals surface area contributed by atoms with Gasteiger partial charge in [-0.25, -0.2) is 0 Å². The van der Waals surface area contributed by atoms with Gasteiger partial charge in [-0.3, -0.25) is 0 Å². The molecule has 0 spiro atoms. The van der Waals surface area contributed by atoms with Crippen molar-refractivity contribution in [3.8, 4) is 0 Å². The monoisotopic (exact) mass is 352 g/mol. The Labute approximate surface area is 161 Å². The fourth-order valence-electron chi connectivity index (χ4n) is 2.76. The van der Waals surface area contributed by atoms with Gasteiger partial charge in [-0.05, 0) is 43.4 Å². The average Bonchev–Trinajstić information content (AvgIpc) is 2.56. The average molecular weight is 353 g/mol. The normalized spacial score (nSPS) is 12.9. The first-order chi connectivity index (χ1) is 12.2. The van der Waals surface area contributed by atoms with Crippen LogP contribution in [0, 0.1) is 5.92 Å². The molecule has 26 heavy (non-hydrogen) atoms. The maximum Gasteiger partial charge on any atom is 0.0932 e. The van der Waals surface area contributed by atoms with Crippen LogP contribution in [0.4, 0.5) is 0 Å². The van der Waals surface area contributed by atoms with Gasteiger partial charge in [0.25, 0.3) is 0 Å². The van der Waals surface area contributed by atoms with Crippen molar-refractivity contribution in [1.29, 1.82) is 0 Å². The van der Waals surface area contributed by atoms with Gasteiger partial charge in [-0.15, -0.1) is 0 Å². The van der Waals surface area contributed by atoms with Crippen LogP contribution in [0.3, 0.4) is 0 Å². The van der Waals surface area contributed by atoms with Crippen LogP contribution in [0.15, 0.2) is 79.1 Å². The van der Waals surface area contributed by atoms with Crippen LogP contribution in [0.1, 0.15) is 65.0 Å². The Hall–Kier alpha value is -2.28. The molecule has 0 amide bonds. The number of aliphatic hydroxyl groups excluding tert-OH is 1. The Morgan fingerprint density at radius 2 is 1.62 bits per heavy atom. The molecular weight excluding hydrogens is 316 g/mol. The van der Waals surface area contributed by atoms with Crippen molar-refractivity contribution in [3.63, 3.8) is 0 Å². The molecule has 0 aliphatic carbocycles. The predicted octanol–water partition coefficient (Wildman–Crippen LogP) is 8.01. The minimum absolute atomic E-state index is 0.0566. The van der Waals surface area contributed by atoms with E-state index in [4.69, 9.17) is 0 Å². The molecule has 1 nitrogen and oxygen atoms in total. The summed E-state index contributed by atoms with van der Waals surface area (Å²) in [6.07, 6.45) is 7.23. The molecule has 1 aromatic carbocycles. The Bertz CT molecular complexity index is 669. The predicted molar refractivity (Wildman–Crippen MR) is 118 cm³/mol. The van der Waals surface area contributed by atoms with Gasteiger partial charge in [0.15, 0.2) is 0 Å². The molecule has 0 aromatic heterocycles. The molecule has 0 saturated carbocycles. The minimum atomic E-state index is -0.197. The number of allylic oxidation sites excluding steroid dienone is 7. The molecule has 0 fully saturated rings. The van der Waals surface area contributed by atoms with Crippen molar-refractivity contribution in [3.05, 3.63) is 90.3 Å². The minimum Gasteiger partial charge on any atom is -0.512 e. The summed E-state index contributed by atoms with van der Waals surface area (Å²) < 4.78 is 0. The summed E-state index contributed by atoms with van der Waals surface area (Å²) in [5.74, 6) is 0.0231. The summed E-state index contributed by atoms with van der Waals surface area (Å²) >= 11 is 0. The highest BCUT2D eigenvalue weighted by molar-refractivity contribution is 5.66. The van der Waals surface area contributed by atoms with Crippen molar-refractivity contribution in [1.82, 2.24) is 0 Å². The molecule has 1 rings (SSSR count). The van der Waals surface area contributed by atoms with Gasteiger partial charge >= 0.3 is 0 Å². The van der Waals surface area contributed by atoms with Crippen LogP contribution in [0.5, 0.6) is 0 Å². The molecule has 2 atom stereocenters. The second-order valence-electron chi connectivity index (χ2n) is 6.95. The molecule has 0 bridgehead atoms. The van der Waals surface area contributed by atoms with E-state index in [9.17, 15) is 5.11 Å². The van der Waals surface area contributed by atoms with Gasteiger partial charge in [-0.1, -0.05) is 101 Å². The van der Waals surface area contributed by atoms with Crippen LogP contribution in [-0.2, 0) is 0 Å². The number of aliphatic hydroxyl groups is 1. The van der Waals surface area contributed by atoms with Gasteiger partial charge in [0, 0.05) is 5.92 Å². The van der Waals surface area contributed by atoms with Gasteiger partial charge in [0.1, 0.15) is 0 Å². The molecule has 0 radical (unpaired) electrons. The molecular formula is C25H36O. The van der Waals surface area contributed by atoms with Crippen LogP contribution in [0.2, 0.25) is 0 Å². The SMILES string of the molecule is C=C/C(=C\C=C(C)C)C(C)C(C(=C)O)c1ccccc1C(=C)C.CCC. The summed E-state index contributed by atoms with van der Waals surface area (Å²) in [5.41, 5.74) is 5.38. The fraction of sp³-hybridized carbons (Fsp3) is 0.360. The number of benzene rings is 1. The molecule has 1 heteroatoms. The lowest BCUT2D eigenvalue weighted by atomic mass is 9.78. The number of hydrogen-bond acceptors (Lipinski definition) is 1.